The maximum Gasteiger partial charge on any atom is 0.255 e. The highest BCUT2D eigenvalue weighted by Gasteiger charge is 2.36. The molecule has 1 atom stereocenters. The monoisotopic (exact) mass is 544 g/mol. The average molecular weight is 545 g/mol. The molecule has 0 aliphatic carbocycles. The number of hydrogen-bond donors (Lipinski definition) is 3. The Kier molecular flexibility index (Phi) is 8.11. The molecule has 3 aromatic rings. The molecule has 0 saturated carbocycles. The Balaban J connectivity index is 1.38. The lowest BCUT2D eigenvalue weighted by molar-refractivity contribution is -0.132. The van der Waals surface area contributed by atoms with Crippen molar-refractivity contribution < 1.29 is 19.5 Å². The Morgan fingerprint density at radius 3 is 2.38 bits per heavy atom. The SMILES string of the molecule is CC(NC(=O)CN1CCc2nc3ccccc3c(C(=O)N3CCN(CCO)CC3)c2C1)(C(N)=O)c1ccccc1. The predicted octanol–water partition coefficient (Wildman–Crippen LogP) is 0.860. The van der Waals surface area contributed by atoms with E-state index >= 15 is 0 Å². The summed E-state index contributed by atoms with van der Waals surface area (Å²) in [5.41, 5.74) is 8.15. The summed E-state index contributed by atoms with van der Waals surface area (Å²) in [6.45, 7) is 5.95. The van der Waals surface area contributed by atoms with Gasteiger partial charge in [0.1, 0.15) is 5.54 Å². The summed E-state index contributed by atoms with van der Waals surface area (Å²) in [6.07, 6.45) is 0.601. The van der Waals surface area contributed by atoms with Gasteiger partial charge in [0.2, 0.25) is 11.8 Å². The molecule has 2 aliphatic rings. The molecule has 1 saturated heterocycles. The van der Waals surface area contributed by atoms with Crippen molar-refractivity contribution in [2.24, 2.45) is 5.73 Å². The molecule has 10 heteroatoms. The van der Waals surface area contributed by atoms with E-state index < -0.39 is 11.4 Å². The van der Waals surface area contributed by atoms with E-state index in [9.17, 15) is 19.5 Å². The molecule has 0 bridgehead atoms. The lowest BCUT2D eigenvalue weighted by Gasteiger charge is -2.36. The smallest absolute Gasteiger partial charge is 0.255 e. The number of aliphatic hydroxyl groups excluding tert-OH is 1. The molecule has 5 rings (SSSR count). The summed E-state index contributed by atoms with van der Waals surface area (Å²) < 4.78 is 0. The number of aliphatic hydroxyl groups is 1. The average Bonchev–Trinajstić information content (AvgIpc) is 2.96. The highest BCUT2D eigenvalue weighted by molar-refractivity contribution is 6.07. The molecule has 3 heterocycles. The van der Waals surface area contributed by atoms with Crippen LogP contribution in [0.3, 0.4) is 0 Å². The largest absolute Gasteiger partial charge is 0.395 e. The Morgan fingerprint density at radius 1 is 0.975 bits per heavy atom. The van der Waals surface area contributed by atoms with Crippen LogP contribution >= 0.6 is 0 Å². The third kappa shape index (κ3) is 5.56. The fourth-order valence-corrected chi connectivity index (χ4v) is 5.67. The molecule has 0 spiro atoms. The number of primary amides is 1. The molecule has 2 aromatic carbocycles. The number of rotatable bonds is 8. The van der Waals surface area contributed by atoms with Gasteiger partial charge in [-0.15, -0.1) is 0 Å². The zero-order valence-electron chi connectivity index (χ0n) is 22.8. The molecule has 1 unspecified atom stereocenters. The third-order valence-corrected chi connectivity index (χ3v) is 8.02. The lowest BCUT2D eigenvalue weighted by atomic mass is 9.91. The van der Waals surface area contributed by atoms with E-state index in [0.29, 0.717) is 63.4 Å². The summed E-state index contributed by atoms with van der Waals surface area (Å²) in [4.78, 5) is 50.5. The number of β-amino-alcohol motifs (C(OH)–C–C–N with tert-alkyl or cyclic N) is 1. The van der Waals surface area contributed by atoms with E-state index in [2.05, 4.69) is 10.2 Å². The number of fused-ring (bicyclic) bond motifs is 2. The highest BCUT2D eigenvalue weighted by Crippen LogP contribution is 2.30. The third-order valence-electron chi connectivity index (χ3n) is 8.02. The summed E-state index contributed by atoms with van der Waals surface area (Å²) >= 11 is 0. The molecule has 1 aromatic heterocycles. The van der Waals surface area contributed by atoms with Crippen LogP contribution in [0, 0.1) is 0 Å². The van der Waals surface area contributed by atoms with E-state index in [4.69, 9.17) is 10.7 Å². The number of hydrogen-bond acceptors (Lipinski definition) is 7. The van der Waals surface area contributed by atoms with E-state index in [1.807, 2.05) is 40.1 Å². The van der Waals surface area contributed by atoms with Gasteiger partial charge in [-0.05, 0) is 18.6 Å². The fraction of sp³-hybridized carbons (Fsp3) is 0.400. The number of carbonyl (C=O) groups is 3. The standard InChI is InChI=1S/C30H36N6O4/c1-30(29(31)40,21-7-3-2-4-8-21)33-26(38)20-35-12-11-25-23(19-35)27(22-9-5-6-10-24(22)32-25)28(39)36-15-13-34(14-16-36)17-18-37/h2-10,37H,11-20H2,1H3,(H2,31,40)(H,33,38). The predicted molar refractivity (Wildman–Crippen MR) is 151 cm³/mol. The molecule has 10 nitrogen and oxygen atoms in total. The van der Waals surface area contributed by atoms with Crippen LogP contribution in [-0.2, 0) is 28.1 Å². The van der Waals surface area contributed by atoms with E-state index in [1.54, 1.807) is 31.2 Å². The highest BCUT2D eigenvalue weighted by atomic mass is 16.3. The zero-order valence-corrected chi connectivity index (χ0v) is 22.8. The van der Waals surface area contributed by atoms with Gasteiger partial charge in [0.25, 0.3) is 5.91 Å². The maximum atomic E-state index is 14.0. The maximum absolute atomic E-state index is 14.0. The van der Waals surface area contributed by atoms with Crippen LogP contribution in [-0.4, -0.2) is 94.9 Å². The molecular weight excluding hydrogens is 508 g/mol. The summed E-state index contributed by atoms with van der Waals surface area (Å²) in [6, 6.07) is 16.7. The van der Waals surface area contributed by atoms with Gasteiger partial charge in [-0.3, -0.25) is 29.2 Å². The van der Waals surface area contributed by atoms with Crippen LogP contribution in [0.4, 0.5) is 0 Å². The molecule has 2 aliphatic heterocycles. The van der Waals surface area contributed by atoms with Crippen LogP contribution in [0.1, 0.15) is 34.1 Å². The second-order valence-corrected chi connectivity index (χ2v) is 10.7. The molecule has 210 valence electrons. The van der Waals surface area contributed by atoms with Crippen molar-refractivity contribution in [3.05, 3.63) is 77.0 Å². The van der Waals surface area contributed by atoms with Crippen molar-refractivity contribution in [1.82, 2.24) is 25.0 Å². The van der Waals surface area contributed by atoms with Crippen LogP contribution in [0.15, 0.2) is 54.6 Å². The Morgan fingerprint density at radius 2 is 1.68 bits per heavy atom. The Labute approximate surface area is 233 Å². The first-order valence-corrected chi connectivity index (χ1v) is 13.7. The molecule has 0 radical (unpaired) electrons. The number of nitrogens with one attached hydrogen (secondary N) is 1. The van der Waals surface area contributed by atoms with Crippen molar-refractivity contribution in [3.8, 4) is 0 Å². The molecule has 4 N–H and O–H groups in total. The normalized spacial score (nSPS) is 17.7. The zero-order chi connectivity index (χ0) is 28.3. The van der Waals surface area contributed by atoms with Crippen molar-refractivity contribution >= 4 is 28.6 Å². The van der Waals surface area contributed by atoms with Gasteiger partial charge < -0.3 is 21.1 Å². The van der Waals surface area contributed by atoms with Gasteiger partial charge in [0, 0.05) is 68.9 Å². The number of pyridine rings is 1. The lowest BCUT2D eigenvalue weighted by Crippen LogP contribution is -2.55. The minimum absolute atomic E-state index is 0.0322. The Bertz CT molecular complexity index is 1410. The first-order valence-electron chi connectivity index (χ1n) is 13.7. The first kappa shape index (κ1) is 27.7. The van der Waals surface area contributed by atoms with Crippen LogP contribution in [0.5, 0.6) is 0 Å². The number of nitrogens with zero attached hydrogens (tertiary/aromatic N) is 4. The number of amides is 3. The van der Waals surface area contributed by atoms with Crippen molar-refractivity contribution in [1.29, 1.82) is 0 Å². The quantitative estimate of drug-likeness (QED) is 0.383. The van der Waals surface area contributed by atoms with Gasteiger partial charge in [-0.25, -0.2) is 0 Å². The molecule has 3 amide bonds. The number of aromatic nitrogens is 1. The minimum atomic E-state index is -1.34. The van der Waals surface area contributed by atoms with Crippen LogP contribution < -0.4 is 11.1 Å². The van der Waals surface area contributed by atoms with Gasteiger partial charge in [0.05, 0.1) is 24.2 Å². The number of piperazine rings is 1. The molecule has 40 heavy (non-hydrogen) atoms. The molecular formula is C30H36N6O4. The van der Waals surface area contributed by atoms with Gasteiger partial charge in [0.15, 0.2) is 0 Å². The van der Waals surface area contributed by atoms with Crippen molar-refractivity contribution in [3.63, 3.8) is 0 Å². The summed E-state index contributed by atoms with van der Waals surface area (Å²) in [5, 5.41) is 12.9. The van der Waals surface area contributed by atoms with Gasteiger partial charge in [-0.1, -0.05) is 48.5 Å². The number of benzene rings is 2. The van der Waals surface area contributed by atoms with Crippen LogP contribution in [0.2, 0.25) is 0 Å². The number of nitrogens with two attached hydrogens (primary N) is 1. The molecule has 1 fully saturated rings. The van der Waals surface area contributed by atoms with Gasteiger partial charge in [-0.2, -0.15) is 0 Å². The number of para-hydroxylation sites is 1. The second kappa shape index (κ2) is 11.7. The fourth-order valence-electron chi connectivity index (χ4n) is 5.67. The van der Waals surface area contributed by atoms with Crippen LogP contribution in [0.25, 0.3) is 10.9 Å². The van der Waals surface area contributed by atoms with E-state index in [0.717, 1.165) is 22.2 Å². The van der Waals surface area contributed by atoms with E-state index in [1.165, 1.54) is 0 Å². The second-order valence-electron chi connectivity index (χ2n) is 10.7. The van der Waals surface area contributed by atoms with Gasteiger partial charge >= 0.3 is 0 Å². The summed E-state index contributed by atoms with van der Waals surface area (Å²) in [7, 11) is 0. The van der Waals surface area contributed by atoms with E-state index in [-0.39, 0.29) is 25.0 Å². The Hall–Kier alpha value is -3.86. The summed E-state index contributed by atoms with van der Waals surface area (Å²) in [5.74, 6) is -0.996. The van der Waals surface area contributed by atoms with Crippen molar-refractivity contribution in [2.75, 3.05) is 52.4 Å². The first-order chi connectivity index (χ1) is 19.3. The topological polar surface area (TPSA) is 132 Å². The van der Waals surface area contributed by atoms with Crippen molar-refractivity contribution in [2.45, 2.75) is 25.4 Å². The minimum Gasteiger partial charge on any atom is -0.395 e. The number of carbonyl (C=O) groups excluding carboxylic acids is 3.